The highest BCUT2D eigenvalue weighted by Gasteiger charge is 2.34. The Kier molecular flexibility index (Phi) is 5.39. The zero-order valence-corrected chi connectivity index (χ0v) is 13.3. The molecule has 5 nitrogen and oxygen atoms in total. The van der Waals surface area contributed by atoms with Crippen LogP contribution in [-0.2, 0) is 18.4 Å². The molecule has 1 heterocycles. The molecule has 0 unspecified atom stereocenters. The third-order valence-electron chi connectivity index (χ3n) is 4.74. The Morgan fingerprint density at radius 2 is 2.14 bits per heavy atom. The highest BCUT2D eigenvalue weighted by molar-refractivity contribution is 5.77. The van der Waals surface area contributed by atoms with Crippen LogP contribution in [0.15, 0.2) is 12.4 Å². The van der Waals surface area contributed by atoms with Gasteiger partial charge in [-0.05, 0) is 31.7 Å². The van der Waals surface area contributed by atoms with Crippen LogP contribution in [0.4, 0.5) is 0 Å². The van der Waals surface area contributed by atoms with Crippen LogP contribution in [0.3, 0.4) is 0 Å². The van der Waals surface area contributed by atoms with E-state index < -0.39 is 0 Å². The average Bonchev–Trinajstić information content (AvgIpc) is 2.91. The molecule has 1 amide bonds. The molecule has 1 saturated carbocycles. The van der Waals surface area contributed by atoms with E-state index in [0.717, 1.165) is 24.9 Å². The molecular formula is C16H28N4O. The lowest BCUT2D eigenvalue weighted by Crippen LogP contribution is -2.40. The first-order valence-corrected chi connectivity index (χ1v) is 8.04. The lowest BCUT2D eigenvalue weighted by atomic mass is 9.71. The molecule has 0 bridgehead atoms. The minimum absolute atomic E-state index is 0.0394. The molecule has 2 rings (SSSR count). The second-order valence-corrected chi connectivity index (χ2v) is 6.37. The number of hydrogen-bond acceptors (Lipinski definition) is 3. The fourth-order valence-electron chi connectivity index (χ4n) is 3.34. The lowest BCUT2D eigenvalue weighted by Gasteiger charge is -2.37. The molecule has 1 aromatic rings. The zero-order chi connectivity index (χ0) is 15.3. The summed E-state index contributed by atoms with van der Waals surface area (Å²) in [5.41, 5.74) is 7.12. The van der Waals surface area contributed by atoms with Crippen molar-refractivity contribution in [1.82, 2.24) is 14.7 Å². The lowest BCUT2D eigenvalue weighted by molar-refractivity contribution is -0.134. The number of amides is 1. The number of nitrogens with two attached hydrogens (primary N) is 1. The van der Waals surface area contributed by atoms with Gasteiger partial charge in [-0.2, -0.15) is 5.10 Å². The summed E-state index contributed by atoms with van der Waals surface area (Å²) in [6.07, 6.45) is 10.3. The maximum Gasteiger partial charge on any atom is 0.223 e. The Morgan fingerprint density at radius 3 is 2.67 bits per heavy atom. The first-order chi connectivity index (χ1) is 10.1. The summed E-state index contributed by atoms with van der Waals surface area (Å²) < 4.78 is 1.77. The summed E-state index contributed by atoms with van der Waals surface area (Å²) in [6, 6.07) is 0. The summed E-state index contributed by atoms with van der Waals surface area (Å²) >= 11 is 0. The number of carbonyl (C=O) groups is 1. The third-order valence-corrected chi connectivity index (χ3v) is 4.74. The van der Waals surface area contributed by atoms with E-state index in [1.165, 1.54) is 19.3 Å². The smallest absolute Gasteiger partial charge is 0.223 e. The fourth-order valence-corrected chi connectivity index (χ4v) is 3.34. The van der Waals surface area contributed by atoms with Gasteiger partial charge in [-0.3, -0.25) is 9.48 Å². The SMILES string of the molecule is CCN(Cc1cnn(C)c1)C(=O)CC1(CN)CCCCC1. The molecule has 0 saturated heterocycles. The van der Waals surface area contributed by atoms with Gasteiger partial charge >= 0.3 is 0 Å². The first kappa shape index (κ1) is 16.0. The van der Waals surface area contributed by atoms with Crippen LogP contribution in [-0.4, -0.2) is 33.7 Å². The second kappa shape index (κ2) is 7.07. The number of hydrogen-bond donors (Lipinski definition) is 1. The minimum Gasteiger partial charge on any atom is -0.339 e. The topological polar surface area (TPSA) is 64.2 Å². The van der Waals surface area contributed by atoms with Crippen molar-refractivity contribution < 1.29 is 4.79 Å². The molecule has 0 atom stereocenters. The van der Waals surface area contributed by atoms with Crippen LogP contribution in [0, 0.1) is 5.41 Å². The minimum atomic E-state index is 0.0394. The van der Waals surface area contributed by atoms with E-state index in [2.05, 4.69) is 5.10 Å². The van der Waals surface area contributed by atoms with Crippen LogP contribution in [0.5, 0.6) is 0 Å². The van der Waals surface area contributed by atoms with Gasteiger partial charge < -0.3 is 10.6 Å². The van der Waals surface area contributed by atoms with Crippen LogP contribution in [0.2, 0.25) is 0 Å². The van der Waals surface area contributed by atoms with E-state index in [0.29, 0.717) is 19.5 Å². The van der Waals surface area contributed by atoms with Crippen molar-refractivity contribution in [2.24, 2.45) is 18.2 Å². The van der Waals surface area contributed by atoms with Gasteiger partial charge in [0.1, 0.15) is 0 Å². The average molecular weight is 292 g/mol. The van der Waals surface area contributed by atoms with Crippen molar-refractivity contribution in [1.29, 1.82) is 0 Å². The molecule has 1 aliphatic rings. The maximum absolute atomic E-state index is 12.7. The van der Waals surface area contributed by atoms with E-state index in [4.69, 9.17) is 5.73 Å². The van der Waals surface area contributed by atoms with Crippen LogP contribution in [0.1, 0.15) is 51.0 Å². The van der Waals surface area contributed by atoms with Gasteiger partial charge in [0.15, 0.2) is 0 Å². The van der Waals surface area contributed by atoms with Gasteiger partial charge in [0.2, 0.25) is 5.91 Å². The molecule has 0 radical (unpaired) electrons. The number of aryl methyl sites for hydroxylation is 1. The molecule has 1 fully saturated rings. The Balaban J connectivity index is 1.98. The second-order valence-electron chi connectivity index (χ2n) is 6.37. The number of rotatable bonds is 6. The molecule has 2 N–H and O–H groups in total. The van der Waals surface area contributed by atoms with E-state index in [9.17, 15) is 4.79 Å². The van der Waals surface area contributed by atoms with E-state index >= 15 is 0 Å². The van der Waals surface area contributed by atoms with E-state index in [1.54, 1.807) is 4.68 Å². The van der Waals surface area contributed by atoms with Gasteiger partial charge in [0.25, 0.3) is 0 Å². The standard InChI is InChI=1S/C16H28N4O/c1-3-20(12-14-10-18-19(2)11-14)15(21)9-16(13-17)7-5-4-6-8-16/h10-11H,3-9,12-13,17H2,1-2H3. The van der Waals surface area contributed by atoms with Gasteiger partial charge in [-0.1, -0.05) is 19.3 Å². The fraction of sp³-hybridized carbons (Fsp3) is 0.750. The maximum atomic E-state index is 12.7. The largest absolute Gasteiger partial charge is 0.339 e. The third kappa shape index (κ3) is 4.06. The number of aromatic nitrogens is 2. The summed E-state index contributed by atoms with van der Waals surface area (Å²) in [5.74, 6) is 0.230. The molecule has 0 spiro atoms. The van der Waals surface area contributed by atoms with Crippen molar-refractivity contribution >= 4 is 5.91 Å². The van der Waals surface area contributed by atoms with Crippen LogP contribution < -0.4 is 5.73 Å². The van der Waals surface area contributed by atoms with E-state index in [-0.39, 0.29) is 11.3 Å². The van der Waals surface area contributed by atoms with Crippen molar-refractivity contribution in [3.05, 3.63) is 18.0 Å². The highest BCUT2D eigenvalue weighted by atomic mass is 16.2. The van der Waals surface area contributed by atoms with E-state index in [1.807, 2.05) is 31.3 Å². The molecule has 0 aliphatic heterocycles. The summed E-state index contributed by atoms with van der Waals surface area (Å²) in [5, 5.41) is 4.17. The summed E-state index contributed by atoms with van der Waals surface area (Å²) in [4.78, 5) is 14.6. The first-order valence-electron chi connectivity index (χ1n) is 8.04. The van der Waals surface area contributed by atoms with Gasteiger partial charge in [0, 0.05) is 38.3 Å². The Labute approximate surface area is 127 Å². The molecule has 21 heavy (non-hydrogen) atoms. The predicted octanol–water partition coefficient (Wildman–Crippen LogP) is 2.07. The molecule has 1 aliphatic carbocycles. The van der Waals surface area contributed by atoms with Crippen LogP contribution in [0.25, 0.3) is 0 Å². The molecule has 1 aromatic heterocycles. The Morgan fingerprint density at radius 1 is 1.43 bits per heavy atom. The Hall–Kier alpha value is -1.36. The van der Waals surface area contributed by atoms with Crippen molar-refractivity contribution in [3.8, 4) is 0 Å². The summed E-state index contributed by atoms with van der Waals surface area (Å²) in [6.45, 7) is 4.03. The monoisotopic (exact) mass is 292 g/mol. The van der Waals surface area contributed by atoms with Crippen molar-refractivity contribution in [3.63, 3.8) is 0 Å². The highest BCUT2D eigenvalue weighted by Crippen LogP contribution is 2.38. The van der Waals surface area contributed by atoms with Gasteiger partial charge in [-0.15, -0.1) is 0 Å². The zero-order valence-electron chi connectivity index (χ0n) is 13.3. The number of carbonyl (C=O) groups excluding carboxylic acids is 1. The van der Waals surface area contributed by atoms with Gasteiger partial charge in [-0.25, -0.2) is 0 Å². The van der Waals surface area contributed by atoms with Crippen molar-refractivity contribution in [2.75, 3.05) is 13.1 Å². The molecular weight excluding hydrogens is 264 g/mol. The summed E-state index contributed by atoms with van der Waals surface area (Å²) in [7, 11) is 1.90. The normalized spacial score (nSPS) is 17.7. The molecule has 5 heteroatoms. The molecule has 118 valence electrons. The van der Waals surface area contributed by atoms with Crippen molar-refractivity contribution in [2.45, 2.75) is 52.0 Å². The Bertz CT molecular complexity index is 463. The quantitative estimate of drug-likeness (QED) is 0.873. The molecule has 0 aromatic carbocycles. The number of nitrogens with zero attached hydrogens (tertiary/aromatic N) is 3. The van der Waals surface area contributed by atoms with Gasteiger partial charge in [0.05, 0.1) is 6.20 Å². The predicted molar refractivity (Wildman–Crippen MR) is 83.5 cm³/mol. The van der Waals surface area contributed by atoms with Crippen LogP contribution >= 0.6 is 0 Å².